The minimum atomic E-state index is -0.169. The molecule has 4 rings (SSSR count). The summed E-state index contributed by atoms with van der Waals surface area (Å²) >= 11 is 6.68. The van der Waals surface area contributed by atoms with E-state index in [1.54, 1.807) is 21.6 Å². The number of carbonyl (C=O) groups is 1. The lowest BCUT2D eigenvalue weighted by atomic mass is 10.2. The highest BCUT2D eigenvalue weighted by atomic mass is 32.2. The number of rotatable bonds is 7. The van der Waals surface area contributed by atoms with Crippen molar-refractivity contribution >= 4 is 51.7 Å². The first-order chi connectivity index (χ1) is 15.0. The van der Waals surface area contributed by atoms with Crippen LogP contribution in [0.2, 0.25) is 0 Å². The number of carbonyl (C=O) groups excluding carboxylic acids is 1. The van der Waals surface area contributed by atoms with E-state index < -0.39 is 0 Å². The Balaban J connectivity index is 1.73. The van der Waals surface area contributed by atoms with E-state index in [9.17, 15) is 9.59 Å². The van der Waals surface area contributed by atoms with Crippen LogP contribution in [0, 0.1) is 6.92 Å². The first-order valence-corrected chi connectivity index (χ1v) is 11.8. The van der Waals surface area contributed by atoms with Crippen LogP contribution >= 0.6 is 24.0 Å². The van der Waals surface area contributed by atoms with Gasteiger partial charge in [-0.05, 0) is 50.8 Å². The van der Waals surface area contributed by atoms with Crippen LogP contribution in [0.25, 0.3) is 11.7 Å². The Labute approximate surface area is 191 Å². The van der Waals surface area contributed by atoms with Crippen molar-refractivity contribution in [1.82, 2.24) is 14.3 Å². The van der Waals surface area contributed by atoms with Crippen LogP contribution in [-0.4, -0.2) is 57.4 Å². The average molecular weight is 459 g/mol. The van der Waals surface area contributed by atoms with Gasteiger partial charge in [-0.3, -0.25) is 18.9 Å². The molecule has 0 spiro atoms. The van der Waals surface area contributed by atoms with E-state index in [0.717, 1.165) is 31.5 Å². The van der Waals surface area contributed by atoms with Gasteiger partial charge in [0.05, 0.1) is 10.5 Å². The van der Waals surface area contributed by atoms with Gasteiger partial charge in [0.1, 0.15) is 15.8 Å². The Hall–Kier alpha value is -2.23. The molecule has 2 aromatic heterocycles. The van der Waals surface area contributed by atoms with E-state index in [4.69, 9.17) is 21.9 Å². The van der Waals surface area contributed by atoms with Crippen molar-refractivity contribution in [3.63, 3.8) is 0 Å². The van der Waals surface area contributed by atoms with E-state index in [1.165, 1.54) is 11.8 Å². The van der Waals surface area contributed by atoms with Crippen molar-refractivity contribution in [3.8, 4) is 0 Å². The van der Waals surface area contributed by atoms with Gasteiger partial charge in [-0.25, -0.2) is 4.98 Å². The third-order valence-corrected chi connectivity index (χ3v) is 6.87. The Morgan fingerprint density at radius 2 is 2.06 bits per heavy atom. The van der Waals surface area contributed by atoms with Crippen LogP contribution in [0.4, 0.5) is 5.82 Å². The number of fused-ring (bicyclic) bond motifs is 1. The molecular weight excluding hydrogens is 432 g/mol. The molecule has 4 heterocycles. The fraction of sp³-hybridized carbons (Fsp3) is 0.455. The van der Waals surface area contributed by atoms with Crippen molar-refractivity contribution in [2.24, 2.45) is 0 Å². The molecule has 0 saturated carbocycles. The Bertz CT molecular complexity index is 1110. The molecule has 2 aliphatic rings. The number of hydrogen-bond acceptors (Lipinski definition) is 7. The number of hydrogen-bond donors (Lipinski definition) is 0. The van der Waals surface area contributed by atoms with Crippen molar-refractivity contribution in [1.29, 1.82) is 0 Å². The minimum Gasteiger partial charge on any atom is -0.382 e. The van der Waals surface area contributed by atoms with Crippen LogP contribution < -0.4 is 10.5 Å². The van der Waals surface area contributed by atoms with Gasteiger partial charge in [0, 0.05) is 39.0 Å². The highest BCUT2D eigenvalue weighted by Gasteiger charge is 2.32. The number of aromatic nitrogens is 2. The molecular formula is C22H26N4O3S2. The van der Waals surface area contributed by atoms with E-state index in [0.29, 0.717) is 52.4 Å². The number of amides is 1. The fourth-order valence-corrected chi connectivity index (χ4v) is 5.18. The normalized spacial score (nSPS) is 18.2. The van der Waals surface area contributed by atoms with Gasteiger partial charge in [-0.2, -0.15) is 0 Å². The lowest BCUT2D eigenvalue weighted by Crippen LogP contribution is -2.30. The van der Waals surface area contributed by atoms with E-state index in [-0.39, 0.29) is 11.5 Å². The summed E-state index contributed by atoms with van der Waals surface area (Å²) in [5.41, 5.74) is 1.86. The van der Waals surface area contributed by atoms with Gasteiger partial charge in [0.25, 0.3) is 11.5 Å². The Morgan fingerprint density at radius 1 is 1.29 bits per heavy atom. The monoisotopic (exact) mass is 458 g/mol. The quantitative estimate of drug-likeness (QED) is 0.358. The number of anilines is 1. The molecule has 0 aliphatic carbocycles. The number of ether oxygens (including phenoxy) is 1. The molecule has 0 unspecified atom stereocenters. The third-order valence-electron chi connectivity index (χ3n) is 5.49. The second kappa shape index (κ2) is 9.50. The van der Waals surface area contributed by atoms with Gasteiger partial charge in [-0.15, -0.1) is 0 Å². The molecule has 0 aromatic carbocycles. The topological polar surface area (TPSA) is 67.2 Å². The molecule has 0 bridgehead atoms. The third kappa shape index (κ3) is 4.40. The highest BCUT2D eigenvalue weighted by Crippen LogP contribution is 2.34. The summed E-state index contributed by atoms with van der Waals surface area (Å²) in [5, 5.41) is 0. The number of thioether (sulfide) groups is 1. The number of nitrogens with zero attached hydrogens (tertiary/aromatic N) is 4. The highest BCUT2D eigenvalue weighted by molar-refractivity contribution is 8.26. The SMILES string of the molecule is CCOCCCN1C(=O)C(=Cc2c(N3CCCC3)nc3c(C)cccn3c2=O)SC1=S. The molecule has 9 heteroatoms. The number of thiocarbonyl (C=S) groups is 1. The van der Waals surface area contributed by atoms with Crippen molar-refractivity contribution < 1.29 is 9.53 Å². The zero-order valence-electron chi connectivity index (χ0n) is 17.8. The van der Waals surface area contributed by atoms with Crippen molar-refractivity contribution in [2.75, 3.05) is 37.7 Å². The number of pyridine rings is 1. The maximum atomic E-state index is 13.4. The van der Waals surface area contributed by atoms with Gasteiger partial charge in [0.2, 0.25) is 0 Å². The van der Waals surface area contributed by atoms with Gasteiger partial charge < -0.3 is 9.64 Å². The predicted octanol–water partition coefficient (Wildman–Crippen LogP) is 3.23. The Kier molecular flexibility index (Phi) is 6.74. The maximum Gasteiger partial charge on any atom is 0.267 e. The molecule has 1 amide bonds. The van der Waals surface area contributed by atoms with Gasteiger partial charge >= 0.3 is 0 Å². The van der Waals surface area contributed by atoms with Gasteiger partial charge in [-0.1, -0.05) is 30.0 Å². The molecule has 2 fully saturated rings. The maximum absolute atomic E-state index is 13.4. The summed E-state index contributed by atoms with van der Waals surface area (Å²) in [7, 11) is 0. The molecule has 2 saturated heterocycles. The summed E-state index contributed by atoms with van der Waals surface area (Å²) in [6, 6.07) is 3.78. The zero-order chi connectivity index (χ0) is 22.0. The van der Waals surface area contributed by atoms with Crippen molar-refractivity contribution in [3.05, 3.63) is 44.7 Å². The molecule has 7 nitrogen and oxygen atoms in total. The summed E-state index contributed by atoms with van der Waals surface area (Å²) in [5.74, 6) is 0.492. The zero-order valence-corrected chi connectivity index (χ0v) is 19.4. The first-order valence-electron chi connectivity index (χ1n) is 10.6. The molecule has 0 radical (unpaired) electrons. The minimum absolute atomic E-state index is 0.160. The summed E-state index contributed by atoms with van der Waals surface area (Å²) in [6.45, 7) is 7.34. The standard InChI is InChI=1S/C22H26N4O3S2/c1-3-29-13-7-12-26-21(28)17(31-22(26)30)14-16-19(24-9-4-5-10-24)23-18-15(2)8-6-11-25(18)20(16)27/h6,8,11,14H,3-5,7,9-10,12-13H2,1-2H3. The Morgan fingerprint density at radius 3 is 2.81 bits per heavy atom. The lowest BCUT2D eigenvalue weighted by Gasteiger charge is -2.20. The second-order valence-electron chi connectivity index (χ2n) is 7.62. The van der Waals surface area contributed by atoms with Crippen LogP contribution in [0.15, 0.2) is 28.0 Å². The van der Waals surface area contributed by atoms with E-state index >= 15 is 0 Å². The molecule has 31 heavy (non-hydrogen) atoms. The van der Waals surface area contributed by atoms with E-state index in [2.05, 4.69) is 4.90 Å². The molecule has 0 N–H and O–H groups in total. The van der Waals surface area contributed by atoms with Crippen LogP contribution in [0.1, 0.15) is 37.3 Å². The lowest BCUT2D eigenvalue weighted by molar-refractivity contribution is -0.122. The molecule has 164 valence electrons. The number of aryl methyl sites for hydroxylation is 1. The van der Waals surface area contributed by atoms with Crippen molar-refractivity contribution in [2.45, 2.75) is 33.1 Å². The largest absolute Gasteiger partial charge is 0.382 e. The summed E-state index contributed by atoms with van der Waals surface area (Å²) in [4.78, 5) is 35.5. The second-order valence-corrected chi connectivity index (χ2v) is 9.29. The summed E-state index contributed by atoms with van der Waals surface area (Å²) < 4.78 is 7.44. The fourth-order valence-electron chi connectivity index (χ4n) is 3.89. The summed E-state index contributed by atoms with van der Waals surface area (Å²) in [6.07, 6.45) is 6.25. The molecule has 0 atom stereocenters. The van der Waals surface area contributed by atoms with E-state index in [1.807, 2.05) is 26.0 Å². The van der Waals surface area contributed by atoms with Crippen LogP contribution in [0.5, 0.6) is 0 Å². The molecule has 2 aromatic rings. The van der Waals surface area contributed by atoms with Gasteiger partial charge in [0.15, 0.2) is 0 Å². The van der Waals surface area contributed by atoms with Crippen LogP contribution in [-0.2, 0) is 9.53 Å². The average Bonchev–Trinajstić information content (AvgIpc) is 3.37. The molecule has 2 aliphatic heterocycles. The predicted molar refractivity (Wildman–Crippen MR) is 129 cm³/mol. The first kappa shape index (κ1) is 22.0. The smallest absolute Gasteiger partial charge is 0.267 e. The van der Waals surface area contributed by atoms with Crippen LogP contribution in [0.3, 0.4) is 0 Å².